The highest BCUT2D eigenvalue weighted by atomic mass is 16.3. The Kier molecular flexibility index (Phi) is 3.40. The van der Waals surface area contributed by atoms with Crippen LogP contribution in [0.3, 0.4) is 0 Å². The van der Waals surface area contributed by atoms with E-state index in [1.807, 2.05) is 6.92 Å². The first kappa shape index (κ1) is 13.4. The second kappa shape index (κ2) is 5.08. The van der Waals surface area contributed by atoms with Crippen LogP contribution in [0.15, 0.2) is 36.4 Å². The van der Waals surface area contributed by atoms with Gasteiger partial charge in [0.05, 0.1) is 5.60 Å². The molecule has 106 valence electrons. The Morgan fingerprint density at radius 1 is 1.20 bits per heavy atom. The Morgan fingerprint density at radius 2 is 1.95 bits per heavy atom. The average molecular weight is 270 g/mol. The lowest BCUT2D eigenvalue weighted by molar-refractivity contribution is 0.0450. The van der Waals surface area contributed by atoms with Gasteiger partial charge in [-0.05, 0) is 36.8 Å². The normalized spacial score (nSPS) is 23.2. The van der Waals surface area contributed by atoms with Crippen LogP contribution in [0.2, 0.25) is 0 Å². The quantitative estimate of drug-likeness (QED) is 0.882. The summed E-state index contributed by atoms with van der Waals surface area (Å²) in [6.07, 6.45) is 1.91. The van der Waals surface area contributed by atoms with Gasteiger partial charge >= 0.3 is 0 Å². The van der Waals surface area contributed by atoms with E-state index in [1.54, 1.807) is 0 Å². The van der Waals surface area contributed by atoms with E-state index in [2.05, 4.69) is 41.3 Å². The van der Waals surface area contributed by atoms with Gasteiger partial charge in [0.2, 0.25) is 0 Å². The third-order valence-electron chi connectivity index (χ3n) is 4.23. The summed E-state index contributed by atoms with van der Waals surface area (Å²) in [4.78, 5) is 2.30. The Hall–Kier alpha value is -1.58. The van der Waals surface area contributed by atoms with Gasteiger partial charge in [0.25, 0.3) is 0 Å². The van der Waals surface area contributed by atoms with Crippen LogP contribution in [-0.4, -0.2) is 23.8 Å². The molecule has 0 amide bonds. The van der Waals surface area contributed by atoms with Gasteiger partial charge in [-0.1, -0.05) is 30.3 Å². The minimum absolute atomic E-state index is 0.554. The van der Waals surface area contributed by atoms with E-state index < -0.39 is 5.60 Å². The van der Waals surface area contributed by atoms with Crippen molar-refractivity contribution in [1.82, 2.24) is 0 Å². The van der Waals surface area contributed by atoms with E-state index in [4.69, 9.17) is 5.73 Å². The highest BCUT2D eigenvalue weighted by molar-refractivity contribution is 5.96. The fraction of sp³-hybridized carbons (Fsp3) is 0.412. The van der Waals surface area contributed by atoms with Crippen molar-refractivity contribution in [3.63, 3.8) is 0 Å². The van der Waals surface area contributed by atoms with Crippen molar-refractivity contribution in [3.8, 4) is 0 Å². The summed E-state index contributed by atoms with van der Waals surface area (Å²) in [6, 6.07) is 12.6. The van der Waals surface area contributed by atoms with Crippen LogP contribution >= 0.6 is 0 Å². The lowest BCUT2D eigenvalue weighted by atomic mass is 9.93. The molecule has 1 atom stereocenters. The monoisotopic (exact) mass is 270 g/mol. The number of fused-ring (bicyclic) bond motifs is 1. The maximum Gasteiger partial charge on any atom is 0.0794 e. The smallest absolute Gasteiger partial charge is 0.0794 e. The number of nitrogens with two attached hydrogens (primary N) is 1. The first-order valence-electron chi connectivity index (χ1n) is 7.29. The highest BCUT2D eigenvalue weighted by Gasteiger charge is 2.29. The molecule has 3 rings (SSSR count). The number of β-amino-alcohol motifs (C(OH)–C–C–N with tert-alkyl or cyclic N) is 1. The molecule has 2 aromatic carbocycles. The molecule has 0 aliphatic carbocycles. The fourth-order valence-electron chi connectivity index (χ4n) is 3.22. The molecule has 1 heterocycles. The predicted octanol–water partition coefficient (Wildman–Crippen LogP) is 2.65. The summed E-state index contributed by atoms with van der Waals surface area (Å²) in [5.41, 5.74) is 7.62. The molecule has 1 aliphatic heterocycles. The molecular formula is C17H22N2O. The molecule has 3 nitrogen and oxygen atoms in total. The maximum atomic E-state index is 10.3. The van der Waals surface area contributed by atoms with Crippen LogP contribution in [0.1, 0.15) is 25.3 Å². The number of anilines is 1. The average Bonchev–Trinajstić information content (AvgIpc) is 2.45. The van der Waals surface area contributed by atoms with Gasteiger partial charge in [-0.2, -0.15) is 0 Å². The zero-order valence-electron chi connectivity index (χ0n) is 12.0. The Morgan fingerprint density at radius 3 is 2.65 bits per heavy atom. The number of hydrogen-bond acceptors (Lipinski definition) is 3. The third-order valence-corrected chi connectivity index (χ3v) is 4.23. The number of nitrogens with zero attached hydrogens (tertiary/aromatic N) is 1. The van der Waals surface area contributed by atoms with Crippen molar-refractivity contribution in [2.45, 2.75) is 31.9 Å². The van der Waals surface area contributed by atoms with Gasteiger partial charge in [-0.3, -0.25) is 0 Å². The van der Waals surface area contributed by atoms with Crippen molar-refractivity contribution in [1.29, 1.82) is 0 Å². The lowest BCUT2D eigenvalue weighted by Crippen LogP contribution is -2.46. The topological polar surface area (TPSA) is 49.5 Å². The van der Waals surface area contributed by atoms with Gasteiger partial charge < -0.3 is 15.7 Å². The van der Waals surface area contributed by atoms with Crippen LogP contribution in [0.4, 0.5) is 5.69 Å². The molecule has 1 unspecified atom stereocenters. The van der Waals surface area contributed by atoms with Gasteiger partial charge in [-0.25, -0.2) is 0 Å². The Balaban J connectivity index is 2.08. The predicted molar refractivity (Wildman–Crippen MR) is 83.9 cm³/mol. The number of aliphatic hydroxyl groups is 1. The largest absolute Gasteiger partial charge is 0.388 e. The number of hydrogen-bond donors (Lipinski definition) is 2. The molecular weight excluding hydrogens is 248 g/mol. The van der Waals surface area contributed by atoms with E-state index in [0.717, 1.165) is 19.4 Å². The second-order valence-electron chi connectivity index (χ2n) is 6.02. The first-order valence-corrected chi connectivity index (χ1v) is 7.29. The zero-order valence-corrected chi connectivity index (χ0v) is 12.0. The minimum atomic E-state index is -0.591. The summed E-state index contributed by atoms with van der Waals surface area (Å²) in [6.45, 7) is 4.18. The molecule has 0 saturated carbocycles. The highest BCUT2D eigenvalue weighted by Crippen LogP contribution is 2.33. The van der Waals surface area contributed by atoms with Gasteiger partial charge in [0.15, 0.2) is 0 Å². The summed E-state index contributed by atoms with van der Waals surface area (Å²) in [7, 11) is 0. The molecule has 0 bridgehead atoms. The number of rotatable bonds is 2. The lowest BCUT2D eigenvalue weighted by Gasteiger charge is -2.38. The minimum Gasteiger partial charge on any atom is -0.388 e. The molecule has 1 aliphatic rings. The molecule has 1 saturated heterocycles. The SMILES string of the molecule is CC1(O)CCCN(c2ccc(CN)c3ccccc23)C1. The molecule has 20 heavy (non-hydrogen) atoms. The van der Waals surface area contributed by atoms with Crippen LogP contribution < -0.4 is 10.6 Å². The van der Waals surface area contributed by atoms with E-state index >= 15 is 0 Å². The van der Waals surface area contributed by atoms with Gasteiger partial charge in [0.1, 0.15) is 0 Å². The third kappa shape index (κ3) is 2.39. The molecule has 2 aromatic rings. The standard InChI is InChI=1S/C17H22N2O/c1-17(20)9-4-10-19(12-17)16-8-7-13(11-18)14-5-2-3-6-15(14)16/h2-3,5-8,20H,4,9-12,18H2,1H3. The van der Waals surface area contributed by atoms with Crippen molar-refractivity contribution in [2.75, 3.05) is 18.0 Å². The van der Waals surface area contributed by atoms with E-state index in [9.17, 15) is 5.11 Å². The molecule has 0 spiro atoms. The van der Waals surface area contributed by atoms with E-state index in [0.29, 0.717) is 13.1 Å². The molecule has 1 fully saturated rings. The van der Waals surface area contributed by atoms with Crippen LogP contribution in [-0.2, 0) is 6.54 Å². The summed E-state index contributed by atoms with van der Waals surface area (Å²) in [5.74, 6) is 0. The van der Waals surface area contributed by atoms with Gasteiger partial charge in [0, 0.05) is 30.7 Å². The van der Waals surface area contributed by atoms with Crippen LogP contribution in [0.25, 0.3) is 10.8 Å². The second-order valence-corrected chi connectivity index (χ2v) is 6.02. The van der Waals surface area contributed by atoms with Gasteiger partial charge in [-0.15, -0.1) is 0 Å². The fourth-order valence-corrected chi connectivity index (χ4v) is 3.22. The summed E-state index contributed by atoms with van der Waals surface area (Å²) in [5, 5.41) is 12.8. The molecule has 0 aromatic heterocycles. The van der Waals surface area contributed by atoms with Crippen molar-refractivity contribution < 1.29 is 5.11 Å². The number of benzene rings is 2. The van der Waals surface area contributed by atoms with E-state index in [-0.39, 0.29) is 0 Å². The molecule has 3 N–H and O–H groups in total. The van der Waals surface area contributed by atoms with Crippen LogP contribution in [0.5, 0.6) is 0 Å². The van der Waals surface area contributed by atoms with Crippen LogP contribution in [0, 0.1) is 0 Å². The van der Waals surface area contributed by atoms with Crippen molar-refractivity contribution in [3.05, 3.63) is 42.0 Å². The Bertz CT molecular complexity index is 621. The van der Waals surface area contributed by atoms with Crippen molar-refractivity contribution in [2.24, 2.45) is 5.73 Å². The maximum absolute atomic E-state index is 10.3. The Labute approximate surface area is 120 Å². The first-order chi connectivity index (χ1) is 9.61. The number of piperidine rings is 1. The molecule has 3 heteroatoms. The summed E-state index contributed by atoms with van der Waals surface area (Å²) >= 11 is 0. The molecule has 0 radical (unpaired) electrons. The van der Waals surface area contributed by atoms with Crippen molar-refractivity contribution >= 4 is 16.5 Å². The summed E-state index contributed by atoms with van der Waals surface area (Å²) < 4.78 is 0. The van der Waals surface area contributed by atoms with E-state index in [1.165, 1.54) is 22.0 Å². The zero-order chi connectivity index (χ0) is 14.2.